The highest BCUT2D eigenvalue weighted by atomic mass is 15.1. The van der Waals surface area contributed by atoms with Crippen molar-refractivity contribution in [1.82, 2.24) is 10.2 Å². The molecular weight excluding hydrogens is 102 g/mol. The van der Waals surface area contributed by atoms with Crippen LogP contribution in [-0.2, 0) is 0 Å². The lowest BCUT2D eigenvalue weighted by Crippen LogP contribution is -2.02. The minimum Gasteiger partial charge on any atom is -0.324 e. The summed E-state index contributed by atoms with van der Waals surface area (Å²) < 4.78 is 0. The fourth-order valence-electron chi connectivity index (χ4n) is 0.510. The molecule has 1 rings (SSSR count). The lowest BCUT2D eigenvalue weighted by molar-refractivity contribution is 0.819. The predicted molar refractivity (Wildman–Crippen MR) is 31.2 cm³/mol. The summed E-state index contributed by atoms with van der Waals surface area (Å²) in [5.74, 6) is 0. The molecule has 0 aromatic carbocycles. The Morgan fingerprint density at radius 2 is 2.62 bits per heavy atom. The maximum atomic E-state index is 5.50. The molecule has 0 bridgehead atoms. The van der Waals surface area contributed by atoms with E-state index in [1.54, 1.807) is 12.4 Å². The molecule has 0 fully saturated rings. The van der Waals surface area contributed by atoms with Gasteiger partial charge in [0.2, 0.25) is 0 Å². The van der Waals surface area contributed by atoms with Crippen LogP contribution in [0.4, 0.5) is 0 Å². The fraction of sp³-hybridized carbons (Fsp3) is 0.400. The normalized spacial score (nSPS) is 13.8. The van der Waals surface area contributed by atoms with E-state index in [0.29, 0.717) is 0 Å². The molecule has 0 saturated heterocycles. The van der Waals surface area contributed by atoms with Gasteiger partial charge in [-0.3, -0.25) is 5.10 Å². The van der Waals surface area contributed by atoms with Crippen LogP contribution in [0.15, 0.2) is 12.4 Å². The molecule has 44 valence electrons. The summed E-state index contributed by atoms with van der Waals surface area (Å²) in [7, 11) is 0. The van der Waals surface area contributed by atoms with Crippen molar-refractivity contribution in [2.45, 2.75) is 13.0 Å². The molecule has 0 aliphatic carbocycles. The van der Waals surface area contributed by atoms with Crippen molar-refractivity contribution >= 4 is 0 Å². The van der Waals surface area contributed by atoms with Gasteiger partial charge in [-0.05, 0) is 6.92 Å². The lowest BCUT2D eigenvalue weighted by Gasteiger charge is -1.95. The van der Waals surface area contributed by atoms with E-state index in [4.69, 9.17) is 5.73 Å². The van der Waals surface area contributed by atoms with Crippen LogP contribution in [0.1, 0.15) is 18.5 Å². The van der Waals surface area contributed by atoms with Gasteiger partial charge in [0.1, 0.15) is 0 Å². The Balaban J connectivity index is 2.77. The van der Waals surface area contributed by atoms with Gasteiger partial charge in [0, 0.05) is 17.8 Å². The number of nitrogens with zero attached hydrogens (tertiary/aromatic N) is 1. The summed E-state index contributed by atoms with van der Waals surface area (Å²) in [6.45, 7) is 1.92. The van der Waals surface area contributed by atoms with Gasteiger partial charge in [0.15, 0.2) is 0 Å². The van der Waals surface area contributed by atoms with Gasteiger partial charge in [0.05, 0.1) is 6.20 Å². The summed E-state index contributed by atoms with van der Waals surface area (Å²) in [4.78, 5) is 0. The zero-order valence-electron chi connectivity index (χ0n) is 4.76. The zero-order chi connectivity index (χ0) is 5.98. The first-order valence-electron chi connectivity index (χ1n) is 2.55. The van der Waals surface area contributed by atoms with Crippen molar-refractivity contribution in [2.75, 3.05) is 0 Å². The lowest BCUT2D eigenvalue weighted by atomic mass is 10.2. The van der Waals surface area contributed by atoms with Crippen LogP contribution in [-0.4, -0.2) is 10.2 Å². The van der Waals surface area contributed by atoms with E-state index in [0.717, 1.165) is 5.56 Å². The molecule has 1 atom stereocenters. The second-order valence-corrected chi connectivity index (χ2v) is 1.82. The Morgan fingerprint density at radius 3 is 2.88 bits per heavy atom. The van der Waals surface area contributed by atoms with E-state index >= 15 is 0 Å². The molecular formula is C5H9N3. The molecule has 0 aliphatic rings. The molecule has 0 saturated carbocycles. The average Bonchev–Trinajstić information content (AvgIpc) is 2.12. The third kappa shape index (κ3) is 0.869. The van der Waals surface area contributed by atoms with E-state index in [1.807, 2.05) is 6.92 Å². The van der Waals surface area contributed by atoms with Crippen LogP contribution in [0.3, 0.4) is 0 Å². The van der Waals surface area contributed by atoms with Crippen LogP contribution >= 0.6 is 0 Å². The molecule has 8 heavy (non-hydrogen) atoms. The number of H-pyrrole nitrogens is 1. The van der Waals surface area contributed by atoms with Crippen LogP contribution < -0.4 is 5.73 Å². The van der Waals surface area contributed by atoms with Gasteiger partial charge in [-0.15, -0.1) is 0 Å². The van der Waals surface area contributed by atoms with Crippen molar-refractivity contribution < 1.29 is 0 Å². The smallest absolute Gasteiger partial charge is 0.0534 e. The summed E-state index contributed by atoms with van der Waals surface area (Å²) >= 11 is 0. The van der Waals surface area contributed by atoms with E-state index in [-0.39, 0.29) is 6.04 Å². The standard InChI is InChI=1S/C5H9N3/c1-4(6)5-2-7-8-3-5/h2-4H,6H2,1H3,(H,7,8)/t4-/m1/s1. The molecule has 0 amide bonds. The molecule has 3 heteroatoms. The van der Waals surface area contributed by atoms with Gasteiger partial charge >= 0.3 is 0 Å². The fourth-order valence-corrected chi connectivity index (χ4v) is 0.510. The summed E-state index contributed by atoms with van der Waals surface area (Å²) in [5.41, 5.74) is 6.54. The maximum absolute atomic E-state index is 5.50. The molecule has 1 aromatic rings. The molecule has 1 aromatic heterocycles. The molecule has 0 radical (unpaired) electrons. The first-order valence-corrected chi connectivity index (χ1v) is 2.55. The molecule has 3 nitrogen and oxygen atoms in total. The van der Waals surface area contributed by atoms with Gasteiger partial charge in [-0.1, -0.05) is 0 Å². The molecule has 0 unspecified atom stereocenters. The predicted octanol–water partition coefficient (Wildman–Crippen LogP) is 0.429. The Bertz CT molecular complexity index is 143. The SMILES string of the molecule is C[C@@H](N)c1cn[nH]c1. The molecule has 0 spiro atoms. The molecule has 1 heterocycles. The highest BCUT2D eigenvalue weighted by Gasteiger charge is 1.96. The zero-order valence-corrected chi connectivity index (χ0v) is 4.76. The first-order chi connectivity index (χ1) is 3.80. The minimum absolute atomic E-state index is 0.0914. The monoisotopic (exact) mass is 111 g/mol. The maximum Gasteiger partial charge on any atom is 0.0534 e. The Kier molecular flexibility index (Phi) is 1.30. The van der Waals surface area contributed by atoms with E-state index in [2.05, 4.69) is 10.2 Å². The topological polar surface area (TPSA) is 54.7 Å². The van der Waals surface area contributed by atoms with Crippen LogP contribution in [0.25, 0.3) is 0 Å². The van der Waals surface area contributed by atoms with Crippen molar-refractivity contribution in [3.8, 4) is 0 Å². The summed E-state index contributed by atoms with van der Waals surface area (Å²) in [6.07, 6.45) is 3.52. The third-order valence-electron chi connectivity index (χ3n) is 1.05. The largest absolute Gasteiger partial charge is 0.324 e. The van der Waals surface area contributed by atoms with Crippen molar-refractivity contribution in [1.29, 1.82) is 0 Å². The third-order valence-corrected chi connectivity index (χ3v) is 1.05. The highest BCUT2D eigenvalue weighted by molar-refractivity contribution is 5.06. The number of nitrogens with two attached hydrogens (primary N) is 1. The van der Waals surface area contributed by atoms with E-state index in [1.165, 1.54) is 0 Å². The number of rotatable bonds is 1. The van der Waals surface area contributed by atoms with E-state index < -0.39 is 0 Å². The second-order valence-electron chi connectivity index (χ2n) is 1.82. The minimum atomic E-state index is 0.0914. The van der Waals surface area contributed by atoms with E-state index in [9.17, 15) is 0 Å². The van der Waals surface area contributed by atoms with Crippen molar-refractivity contribution in [2.24, 2.45) is 5.73 Å². The number of hydrogen-bond acceptors (Lipinski definition) is 2. The average molecular weight is 111 g/mol. The highest BCUT2D eigenvalue weighted by Crippen LogP contribution is 2.03. The van der Waals surface area contributed by atoms with Crippen LogP contribution in [0, 0.1) is 0 Å². The van der Waals surface area contributed by atoms with Gasteiger partial charge in [-0.25, -0.2) is 0 Å². The number of hydrogen-bond donors (Lipinski definition) is 2. The quantitative estimate of drug-likeness (QED) is 0.552. The Morgan fingerprint density at radius 1 is 1.88 bits per heavy atom. The Hall–Kier alpha value is -0.830. The number of aromatic amines is 1. The number of aromatic nitrogens is 2. The summed E-state index contributed by atoms with van der Waals surface area (Å²) in [5, 5.41) is 6.42. The summed E-state index contributed by atoms with van der Waals surface area (Å²) in [6, 6.07) is 0.0914. The van der Waals surface area contributed by atoms with Crippen LogP contribution in [0.2, 0.25) is 0 Å². The van der Waals surface area contributed by atoms with Gasteiger partial charge in [0.25, 0.3) is 0 Å². The molecule has 3 N–H and O–H groups in total. The van der Waals surface area contributed by atoms with Gasteiger partial charge < -0.3 is 5.73 Å². The van der Waals surface area contributed by atoms with Gasteiger partial charge in [-0.2, -0.15) is 5.10 Å². The van der Waals surface area contributed by atoms with Crippen molar-refractivity contribution in [3.05, 3.63) is 18.0 Å². The number of nitrogens with one attached hydrogen (secondary N) is 1. The second kappa shape index (κ2) is 1.96. The first kappa shape index (κ1) is 5.31. The molecule has 0 aliphatic heterocycles. The Labute approximate surface area is 47.9 Å². The van der Waals surface area contributed by atoms with Crippen molar-refractivity contribution in [3.63, 3.8) is 0 Å². The van der Waals surface area contributed by atoms with Crippen LogP contribution in [0.5, 0.6) is 0 Å².